The first kappa shape index (κ1) is 20.2. The molecule has 2 aromatic rings. The number of hydrogen-bond donors (Lipinski definition) is 0. The van der Waals surface area contributed by atoms with Crippen molar-refractivity contribution in [2.75, 3.05) is 25.6 Å². The lowest BCUT2D eigenvalue weighted by Gasteiger charge is -2.22. The van der Waals surface area contributed by atoms with Crippen LogP contribution in [0, 0.1) is 0 Å². The normalized spacial score (nSPS) is 12.0. The van der Waals surface area contributed by atoms with E-state index in [1.165, 1.54) is 32.4 Å². The van der Waals surface area contributed by atoms with Gasteiger partial charge in [0.1, 0.15) is 0 Å². The Labute approximate surface area is 153 Å². The summed E-state index contributed by atoms with van der Waals surface area (Å²) in [4.78, 5) is -0.189. The zero-order valence-electron chi connectivity index (χ0n) is 14.0. The molecule has 0 aliphatic heterocycles. The summed E-state index contributed by atoms with van der Waals surface area (Å²) in [5.41, 5.74) is -1.30. The minimum absolute atomic E-state index is 0.135. The van der Waals surface area contributed by atoms with Crippen molar-refractivity contribution in [3.05, 3.63) is 47.0 Å². The minimum atomic E-state index is -4.63. The molecule has 142 valence electrons. The van der Waals surface area contributed by atoms with E-state index in [4.69, 9.17) is 21.1 Å². The van der Waals surface area contributed by atoms with E-state index in [1.54, 1.807) is 0 Å². The van der Waals surface area contributed by atoms with Gasteiger partial charge in [-0.15, -0.1) is 0 Å². The number of hydrogen-bond acceptors (Lipinski definition) is 4. The summed E-state index contributed by atoms with van der Waals surface area (Å²) >= 11 is 5.92. The number of sulfonamides is 1. The van der Waals surface area contributed by atoms with E-state index in [2.05, 4.69) is 0 Å². The smallest absolute Gasteiger partial charge is 0.416 e. The second kappa shape index (κ2) is 7.24. The van der Waals surface area contributed by atoms with Crippen molar-refractivity contribution in [3.8, 4) is 11.5 Å². The van der Waals surface area contributed by atoms with E-state index in [0.29, 0.717) is 16.1 Å². The molecule has 0 fully saturated rings. The Morgan fingerprint density at radius 2 is 1.62 bits per heavy atom. The number of halogens is 4. The predicted octanol–water partition coefficient (Wildman–Crippen LogP) is 4.20. The molecule has 2 aromatic carbocycles. The number of nitrogens with zero attached hydrogens (tertiary/aromatic N) is 1. The van der Waals surface area contributed by atoms with Gasteiger partial charge in [0.05, 0.1) is 35.4 Å². The van der Waals surface area contributed by atoms with Gasteiger partial charge < -0.3 is 9.47 Å². The lowest BCUT2D eigenvalue weighted by atomic mass is 10.2. The van der Waals surface area contributed by atoms with Crippen molar-refractivity contribution in [2.24, 2.45) is 0 Å². The van der Waals surface area contributed by atoms with E-state index < -0.39 is 21.8 Å². The fraction of sp³-hybridized carbons (Fsp3) is 0.250. The highest BCUT2D eigenvalue weighted by molar-refractivity contribution is 7.92. The molecule has 0 amide bonds. The van der Waals surface area contributed by atoms with Crippen LogP contribution >= 0.6 is 11.6 Å². The molecule has 0 aromatic heterocycles. The molecule has 0 N–H and O–H groups in total. The molecule has 0 spiro atoms. The molecule has 0 unspecified atom stereocenters. The van der Waals surface area contributed by atoms with Crippen molar-refractivity contribution < 1.29 is 31.1 Å². The Morgan fingerprint density at radius 3 is 2.15 bits per heavy atom. The molecular formula is C16H15ClF3NO4S. The van der Waals surface area contributed by atoms with Crippen molar-refractivity contribution in [3.63, 3.8) is 0 Å². The van der Waals surface area contributed by atoms with Crippen molar-refractivity contribution in [1.82, 2.24) is 0 Å². The van der Waals surface area contributed by atoms with E-state index >= 15 is 0 Å². The highest BCUT2D eigenvalue weighted by Crippen LogP contribution is 2.37. The van der Waals surface area contributed by atoms with Crippen molar-refractivity contribution in [2.45, 2.75) is 11.1 Å². The predicted molar refractivity (Wildman–Crippen MR) is 91.6 cm³/mol. The molecule has 0 aliphatic rings. The fourth-order valence-electron chi connectivity index (χ4n) is 2.19. The number of rotatable bonds is 5. The maximum absolute atomic E-state index is 12.9. The summed E-state index contributed by atoms with van der Waals surface area (Å²) in [6.07, 6.45) is -4.63. The van der Waals surface area contributed by atoms with Crippen LogP contribution in [0.4, 0.5) is 18.9 Å². The van der Waals surface area contributed by atoms with Gasteiger partial charge in [0.25, 0.3) is 10.0 Å². The summed E-state index contributed by atoms with van der Waals surface area (Å²) in [6.45, 7) is 0. The maximum Gasteiger partial charge on any atom is 0.416 e. The fourth-order valence-corrected chi connectivity index (χ4v) is 3.71. The largest absolute Gasteiger partial charge is 0.493 e. The minimum Gasteiger partial charge on any atom is -0.493 e. The van der Waals surface area contributed by atoms with Gasteiger partial charge in [-0.3, -0.25) is 4.31 Å². The standard InChI is InChI=1S/C16H15ClF3NO4S/c1-21(13-8-10(16(18,19)20)4-6-12(13)17)26(22,23)11-5-7-14(24-2)15(9-11)25-3/h4-9H,1-3H3. The molecule has 26 heavy (non-hydrogen) atoms. The number of benzene rings is 2. The SMILES string of the molecule is COc1ccc(S(=O)(=O)N(C)c2cc(C(F)(F)F)ccc2Cl)cc1OC. The molecule has 0 atom stereocenters. The Bertz CT molecular complexity index is 916. The van der Waals surface area contributed by atoms with Gasteiger partial charge in [-0.05, 0) is 30.3 Å². The zero-order chi connectivity index (χ0) is 19.7. The summed E-state index contributed by atoms with van der Waals surface area (Å²) in [5, 5.41) is -0.135. The molecule has 0 saturated heterocycles. The quantitative estimate of drug-likeness (QED) is 0.742. The second-order valence-corrected chi connectivity index (χ2v) is 7.53. The van der Waals surface area contributed by atoms with Crippen LogP contribution in [0.25, 0.3) is 0 Å². The molecule has 0 bridgehead atoms. The topological polar surface area (TPSA) is 55.8 Å². The number of anilines is 1. The maximum atomic E-state index is 12.9. The monoisotopic (exact) mass is 409 g/mol. The van der Waals surface area contributed by atoms with Gasteiger partial charge in [-0.25, -0.2) is 8.42 Å². The molecular weight excluding hydrogens is 395 g/mol. The Morgan fingerprint density at radius 1 is 1.00 bits per heavy atom. The first-order chi connectivity index (χ1) is 12.0. The number of ether oxygens (including phenoxy) is 2. The van der Waals surface area contributed by atoms with E-state index in [0.717, 1.165) is 19.2 Å². The highest BCUT2D eigenvalue weighted by Gasteiger charge is 2.33. The summed E-state index contributed by atoms with van der Waals surface area (Å²) < 4.78 is 75.2. The second-order valence-electron chi connectivity index (χ2n) is 5.15. The van der Waals surface area contributed by atoms with Crippen LogP contribution in [-0.2, 0) is 16.2 Å². The molecule has 0 radical (unpaired) electrons. The van der Waals surface area contributed by atoms with Gasteiger partial charge in [0.2, 0.25) is 0 Å². The Hall–Kier alpha value is -2.13. The van der Waals surface area contributed by atoms with Crippen LogP contribution in [0.2, 0.25) is 5.02 Å². The number of alkyl halides is 3. The van der Waals surface area contributed by atoms with Gasteiger partial charge in [0, 0.05) is 13.1 Å². The van der Waals surface area contributed by atoms with E-state index in [1.807, 2.05) is 0 Å². The zero-order valence-corrected chi connectivity index (χ0v) is 15.5. The van der Waals surface area contributed by atoms with Crippen LogP contribution in [0.5, 0.6) is 11.5 Å². The third-order valence-corrected chi connectivity index (χ3v) is 5.71. The highest BCUT2D eigenvalue weighted by atomic mass is 35.5. The molecule has 10 heteroatoms. The van der Waals surface area contributed by atoms with Gasteiger partial charge >= 0.3 is 6.18 Å². The average molecular weight is 410 g/mol. The van der Waals surface area contributed by atoms with Gasteiger partial charge in [-0.1, -0.05) is 11.6 Å². The van der Waals surface area contributed by atoms with Crippen LogP contribution in [0.3, 0.4) is 0 Å². The third kappa shape index (κ3) is 3.83. The Kier molecular flexibility index (Phi) is 5.62. The molecule has 2 rings (SSSR count). The molecule has 0 aliphatic carbocycles. The van der Waals surface area contributed by atoms with Crippen LogP contribution < -0.4 is 13.8 Å². The lowest BCUT2D eigenvalue weighted by Crippen LogP contribution is -2.27. The summed E-state index contributed by atoms with van der Waals surface area (Å²) in [7, 11) is -0.346. The lowest BCUT2D eigenvalue weighted by molar-refractivity contribution is -0.137. The number of methoxy groups -OCH3 is 2. The average Bonchev–Trinajstić information content (AvgIpc) is 2.59. The van der Waals surface area contributed by atoms with Crippen LogP contribution in [0.15, 0.2) is 41.3 Å². The van der Waals surface area contributed by atoms with Gasteiger partial charge in [-0.2, -0.15) is 13.2 Å². The Balaban J connectivity index is 2.53. The molecule has 0 heterocycles. The van der Waals surface area contributed by atoms with Crippen molar-refractivity contribution >= 4 is 27.3 Å². The summed E-state index contributed by atoms with van der Waals surface area (Å²) in [6, 6.07) is 6.32. The first-order valence-corrected chi connectivity index (χ1v) is 8.92. The molecule has 0 saturated carbocycles. The summed E-state index contributed by atoms with van der Waals surface area (Å²) in [5.74, 6) is 0.475. The van der Waals surface area contributed by atoms with Crippen LogP contribution in [-0.4, -0.2) is 29.7 Å². The van der Waals surface area contributed by atoms with Gasteiger partial charge in [0.15, 0.2) is 11.5 Å². The van der Waals surface area contributed by atoms with Crippen LogP contribution in [0.1, 0.15) is 5.56 Å². The third-order valence-electron chi connectivity index (χ3n) is 3.63. The first-order valence-electron chi connectivity index (χ1n) is 7.10. The van der Waals surface area contributed by atoms with E-state index in [-0.39, 0.29) is 21.4 Å². The van der Waals surface area contributed by atoms with E-state index in [9.17, 15) is 21.6 Å². The van der Waals surface area contributed by atoms with Crippen molar-refractivity contribution in [1.29, 1.82) is 0 Å². The molecule has 5 nitrogen and oxygen atoms in total.